The zero-order chi connectivity index (χ0) is 14.8. The smallest absolute Gasteiger partial charge is 0.251 e. The molecule has 0 bridgehead atoms. The maximum Gasteiger partial charge on any atom is 0.251 e. The molecule has 104 valence electrons. The number of halogens is 1. The van der Waals surface area contributed by atoms with Gasteiger partial charge < -0.3 is 4.57 Å². The second kappa shape index (κ2) is 5.50. The fourth-order valence-corrected chi connectivity index (χ4v) is 2.37. The number of aldehydes is 1. The van der Waals surface area contributed by atoms with Gasteiger partial charge in [0.1, 0.15) is 6.29 Å². The highest BCUT2D eigenvalue weighted by molar-refractivity contribution is 6.31. The summed E-state index contributed by atoms with van der Waals surface area (Å²) in [4.78, 5) is 27.1. The van der Waals surface area contributed by atoms with E-state index in [2.05, 4.69) is 4.98 Å². The number of pyridine rings is 2. The lowest BCUT2D eigenvalue weighted by Crippen LogP contribution is -2.19. The molecule has 0 unspecified atom stereocenters. The molecule has 4 nitrogen and oxygen atoms in total. The molecule has 0 aliphatic rings. The van der Waals surface area contributed by atoms with E-state index in [1.54, 1.807) is 41.2 Å². The van der Waals surface area contributed by atoms with E-state index in [1.165, 1.54) is 0 Å². The van der Waals surface area contributed by atoms with Crippen molar-refractivity contribution >= 4 is 28.7 Å². The Labute approximate surface area is 125 Å². The lowest BCUT2D eigenvalue weighted by molar-refractivity contribution is 0.112. The fraction of sp³-hybridized carbons (Fsp3) is 0.0625. The van der Waals surface area contributed by atoms with E-state index in [-0.39, 0.29) is 5.56 Å². The van der Waals surface area contributed by atoms with E-state index >= 15 is 0 Å². The summed E-state index contributed by atoms with van der Waals surface area (Å²) in [6.07, 6.45) is 4.06. The zero-order valence-corrected chi connectivity index (χ0v) is 11.7. The molecule has 2 aromatic heterocycles. The highest BCUT2D eigenvalue weighted by atomic mass is 35.5. The monoisotopic (exact) mass is 298 g/mol. The molecule has 21 heavy (non-hydrogen) atoms. The van der Waals surface area contributed by atoms with Crippen LogP contribution in [-0.4, -0.2) is 15.8 Å². The van der Waals surface area contributed by atoms with Crippen molar-refractivity contribution in [1.29, 1.82) is 0 Å². The molecule has 0 saturated heterocycles. The Morgan fingerprint density at radius 3 is 2.81 bits per heavy atom. The van der Waals surface area contributed by atoms with E-state index < -0.39 is 0 Å². The third-order valence-corrected chi connectivity index (χ3v) is 3.45. The average Bonchev–Trinajstić information content (AvgIpc) is 2.49. The summed E-state index contributed by atoms with van der Waals surface area (Å²) < 4.78 is 1.55. The fourth-order valence-electron chi connectivity index (χ4n) is 2.19. The van der Waals surface area contributed by atoms with Gasteiger partial charge in [-0.2, -0.15) is 0 Å². The van der Waals surface area contributed by atoms with Gasteiger partial charge in [-0.3, -0.25) is 14.6 Å². The molecule has 5 heteroatoms. The molecule has 3 rings (SSSR count). The van der Waals surface area contributed by atoms with Gasteiger partial charge in [-0.1, -0.05) is 17.7 Å². The van der Waals surface area contributed by atoms with Crippen LogP contribution in [0.25, 0.3) is 10.8 Å². The van der Waals surface area contributed by atoms with Gasteiger partial charge in [-0.05, 0) is 35.0 Å². The molecule has 0 amide bonds. The van der Waals surface area contributed by atoms with E-state index in [9.17, 15) is 9.59 Å². The number of rotatable bonds is 3. The molecule has 3 aromatic rings. The maximum atomic E-state index is 12.1. The summed E-state index contributed by atoms with van der Waals surface area (Å²) in [7, 11) is 0. The highest BCUT2D eigenvalue weighted by Crippen LogP contribution is 2.17. The van der Waals surface area contributed by atoms with Crippen molar-refractivity contribution in [2.45, 2.75) is 6.54 Å². The number of hydrogen-bond donors (Lipinski definition) is 0. The molecule has 0 spiro atoms. The summed E-state index contributed by atoms with van der Waals surface area (Å²) in [6, 6.07) is 10.2. The summed E-state index contributed by atoms with van der Waals surface area (Å²) in [5.41, 5.74) is 1.07. The third-order valence-electron chi connectivity index (χ3n) is 3.21. The van der Waals surface area contributed by atoms with Crippen molar-refractivity contribution in [2.24, 2.45) is 0 Å². The summed E-state index contributed by atoms with van der Waals surface area (Å²) in [5, 5.41) is 2.35. The zero-order valence-electron chi connectivity index (χ0n) is 11.0. The number of nitrogens with zero attached hydrogens (tertiary/aromatic N) is 2. The van der Waals surface area contributed by atoms with E-state index in [1.807, 2.05) is 12.1 Å². The van der Waals surface area contributed by atoms with Crippen LogP contribution in [0.4, 0.5) is 0 Å². The standard InChI is InChI=1S/C16H11ClN2O2/c17-14-2-1-12-7-16(21)19(8-13(12)6-14)9-15-5-11(10-20)3-4-18-15/h1-8,10H,9H2. The van der Waals surface area contributed by atoms with Crippen molar-refractivity contribution in [3.63, 3.8) is 0 Å². The van der Waals surface area contributed by atoms with Crippen LogP contribution in [0.2, 0.25) is 5.02 Å². The second-order valence-corrected chi connectivity index (χ2v) is 5.15. The van der Waals surface area contributed by atoms with E-state index in [4.69, 9.17) is 11.6 Å². The lowest BCUT2D eigenvalue weighted by atomic mass is 10.2. The minimum absolute atomic E-state index is 0.122. The normalized spacial score (nSPS) is 10.7. The van der Waals surface area contributed by atoms with Crippen LogP contribution in [0, 0.1) is 0 Å². The third kappa shape index (κ3) is 2.85. The molecule has 0 N–H and O–H groups in total. The van der Waals surface area contributed by atoms with Crippen molar-refractivity contribution in [2.75, 3.05) is 0 Å². The first-order valence-corrected chi connectivity index (χ1v) is 6.73. The van der Waals surface area contributed by atoms with Gasteiger partial charge in [0.2, 0.25) is 0 Å². The van der Waals surface area contributed by atoms with Crippen LogP contribution in [0.1, 0.15) is 16.1 Å². The van der Waals surface area contributed by atoms with Crippen molar-refractivity contribution in [1.82, 2.24) is 9.55 Å². The number of aromatic nitrogens is 2. The first kappa shape index (κ1) is 13.5. The Bertz CT molecular complexity index is 887. The average molecular weight is 299 g/mol. The highest BCUT2D eigenvalue weighted by Gasteiger charge is 2.04. The van der Waals surface area contributed by atoms with E-state index in [0.29, 0.717) is 22.8 Å². The molecular formula is C16H11ClN2O2. The van der Waals surface area contributed by atoms with Crippen LogP contribution in [0.15, 0.2) is 53.6 Å². The number of benzene rings is 1. The van der Waals surface area contributed by atoms with Gasteiger partial charge in [-0.25, -0.2) is 0 Å². The SMILES string of the molecule is O=Cc1ccnc(Cn2cc3cc(Cl)ccc3cc2=O)c1. The van der Waals surface area contributed by atoms with Crippen LogP contribution < -0.4 is 5.56 Å². The van der Waals surface area contributed by atoms with Gasteiger partial charge in [0, 0.05) is 29.0 Å². The number of fused-ring (bicyclic) bond motifs is 1. The van der Waals surface area contributed by atoms with Gasteiger partial charge in [0.25, 0.3) is 5.56 Å². The largest absolute Gasteiger partial charge is 0.309 e. The number of carbonyl (C=O) groups is 1. The minimum atomic E-state index is -0.122. The molecule has 0 atom stereocenters. The first-order valence-electron chi connectivity index (χ1n) is 6.35. The molecule has 1 aromatic carbocycles. The van der Waals surface area contributed by atoms with Gasteiger partial charge in [0.05, 0.1) is 12.2 Å². The quantitative estimate of drug-likeness (QED) is 0.699. The van der Waals surface area contributed by atoms with Crippen molar-refractivity contribution < 1.29 is 4.79 Å². The van der Waals surface area contributed by atoms with Gasteiger partial charge in [0.15, 0.2) is 0 Å². The molecule has 0 aliphatic carbocycles. The minimum Gasteiger partial charge on any atom is -0.309 e. The predicted molar refractivity (Wildman–Crippen MR) is 81.9 cm³/mol. The number of hydrogen-bond acceptors (Lipinski definition) is 3. The van der Waals surface area contributed by atoms with Crippen LogP contribution in [-0.2, 0) is 6.54 Å². The summed E-state index contributed by atoms with van der Waals surface area (Å²) >= 11 is 5.97. The second-order valence-electron chi connectivity index (χ2n) is 4.71. The Morgan fingerprint density at radius 1 is 1.14 bits per heavy atom. The maximum absolute atomic E-state index is 12.1. The number of carbonyl (C=O) groups excluding carboxylic acids is 1. The Hall–Kier alpha value is -2.46. The molecular weight excluding hydrogens is 288 g/mol. The van der Waals surface area contributed by atoms with Crippen molar-refractivity contribution in [3.8, 4) is 0 Å². The lowest BCUT2D eigenvalue weighted by Gasteiger charge is -2.07. The summed E-state index contributed by atoms with van der Waals surface area (Å²) in [6.45, 7) is 0.308. The predicted octanol–water partition coefficient (Wildman–Crippen LogP) is 2.91. The van der Waals surface area contributed by atoms with Gasteiger partial charge in [-0.15, -0.1) is 0 Å². The molecule has 0 aliphatic heterocycles. The van der Waals surface area contributed by atoms with Crippen LogP contribution in [0.5, 0.6) is 0 Å². The topological polar surface area (TPSA) is 52.0 Å². The van der Waals surface area contributed by atoms with Gasteiger partial charge >= 0.3 is 0 Å². The Kier molecular flexibility index (Phi) is 3.54. The molecule has 0 saturated carbocycles. The molecule has 0 radical (unpaired) electrons. The van der Waals surface area contributed by atoms with Crippen LogP contribution in [0.3, 0.4) is 0 Å². The molecule has 0 fully saturated rings. The van der Waals surface area contributed by atoms with Crippen LogP contribution >= 0.6 is 11.6 Å². The Morgan fingerprint density at radius 2 is 2.00 bits per heavy atom. The Balaban J connectivity index is 2.05. The summed E-state index contributed by atoms with van der Waals surface area (Å²) in [5.74, 6) is 0. The van der Waals surface area contributed by atoms with Crippen molar-refractivity contribution in [3.05, 3.63) is 75.4 Å². The molecule has 2 heterocycles. The van der Waals surface area contributed by atoms with E-state index in [0.717, 1.165) is 17.1 Å². The first-order chi connectivity index (χ1) is 10.2.